The number of ether oxygens (including phenoxy) is 2. The van der Waals surface area contributed by atoms with Crippen molar-refractivity contribution in [3.63, 3.8) is 0 Å². The lowest BCUT2D eigenvalue weighted by Crippen LogP contribution is -2.47. The highest BCUT2D eigenvalue weighted by Crippen LogP contribution is 2.48. The van der Waals surface area contributed by atoms with Gasteiger partial charge in [-0.15, -0.1) is 11.3 Å². The van der Waals surface area contributed by atoms with Gasteiger partial charge in [0.2, 0.25) is 0 Å². The average Bonchev–Trinajstić information content (AvgIpc) is 3.26. The van der Waals surface area contributed by atoms with Gasteiger partial charge in [0, 0.05) is 21.9 Å². The van der Waals surface area contributed by atoms with E-state index in [1.807, 2.05) is 11.3 Å². The molecule has 0 aliphatic carbocycles. The fourth-order valence-corrected chi connectivity index (χ4v) is 8.58. The van der Waals surface area contributed by atoms with E-state index in [9.17, 15) is 0 Å². The van der Waals surface area contributed by atoms with Crippen molar-refractivity contribution in [2.24, 2.45) is 0 Å². The first-order valence-electron chi connectivity index (χ1n) is 14.8. The summed E-state index contributed by atoms with van der Waals surface area (Å²) in [6, 6.07) is 10.6. The molecule has 1 aromatic heterocycles. The van der Waals surface area contributed by atoms with Gasteiger partial charge in [-0.3, -0.25) is 0 Å². The Balaban J connectivity index is 2.68. The van der Waals surface area contributed by atoms with Crippen LogP contribution in [-0.2, 0) is 20.7 Å². The summed E-state index contributed by atoms with van der Waals surface area (Å²) in [7, 11) is -1.73. The quantitative estimate of drug-likeness (QED) is 0.126. The van der Waals surface area contributed by atoms with E-state index >= 15 is 0 Å². The molecule has 0 bridgehead atoms. The predicted molar refractivity (Wildman–Crippen MR) is 167 cm³/mol. The second-order valence-corrected chi connectivity index (χ2v) is 19.3. The van der Waals surface area contributed by atoms with Gasteiger partial charge in [-0.1, -0.05) is 92.6 Å². The summed E-state index contributed by atoms with van der Waals surface area (Å²) in [5.41, 5.74) is 5.36. The third-order valence-corrected chi connectivity index (χ3v) is 15.6. The standard InChI is InChI=1S/C33H56O2SSi/c1-12-16-20-34-33(35-21-17-13-2,25-37(10,11)31(7,8)9)29-19-18-28(23-27(29)6)32(14-3,15-4)30-22-26(5)24-36-30/h18-19,22-24H,12-17,20-21,25H2,1-11H3. The van der Waals surface area contributed by atoms with Crippen LogP contribution >= 0.6 is 11.3 Å². The molecule has 2 rings (SSSR count). The van der Waals surface area contributed by atoms with E-state index in [0.717, 1.165) is 57.8 Å². The van der Waals surface area contributed by atoms with Crippen molar-refractivity contribution in [3.05, 3.63) is 56.8 Å². The van der Waals surface area contributed by atoms with E-state index in [-0.39, 0.29) is 10.5 Å². The molecule has 2 nitrogen and oxygen atoms in total. The van der Waals surface area contributed by atoms with Crippen LogP contribution < -0.4 is 0 Å². The highest BCUT2D eigenvalue weighted by atomic mass is 32.1. The Labute approximate surface area is 234 Å². The molecule has 37 heavy (non-hydrogen) atoms. The predicted octanol–water partition coefficient (Wildman–Crippen LogP) is 10.8. The molecule has 0 spiro atoms. The van der Waals surface area contributed by atoms with Crippen molar-refractivity contribution in [2.75, 3.05) is 13.2 Å². The normalized spacial score (nSPS) is 13.4. The lowest BCUT2D eigenvalue weighted by atomic mass is 9.73. The summed E-state index contributed by atoms with van der Waals surface area (Å²) >= 11 is 1.91. The first-order chi connectivity index (χ1) is 17.3. The number of unbranched alkanes of at least 4 members (excludes halogenated alkanes) is 2. The number of hydrogen-bond donors (Lipinski definition) is 0. The number of thiophene rings is 1. The van der Waals surface area contributed by atoms with E-state index < -0.39 is 13.9 Å². The molecule has 0 saturated carbocycles. The lowest BCUT2D eigenvalue weighted by Gasteiger charge is -2.45. The van der Waals surface area contributed by atoms with E-state index in [2.05, 4.69) is 105 Å². The summed E-state index contributed by atoms with van der Waals surface area (Å²) < 4.78 is 13.8. The summed E-state index contributed by atoms with van der Waals surface area (Å²) in [6.45, 7) is 27.3. The van der Waals surface area contributed by atoms with Gasteiger partial charge in [0.15, 0.2) is 5.79 Å². The van der Waals surface area contributed by atoms with Crippen LogP contribution in [0.15, 0.2) is 29.6 Å². The van der Waals surface area contributed by atoms with Gasteiger partial charge in [0.25, 0.3) is 0 Å². The van der Waals surface area contributed by atoms with Crippen LogP contribution in [0.3, 0.4) is 0 Å². The molecule has 0 saturated heterocycles. The zero-order valence-corrected chi connectivity index (χ0v) is 27.8. The number of benzene rings is 1. The molecule has 0 atom stereocenters. The maximum absolute atomic E-state index is 6.90. The fraction of sp³-hybridized carbons (Fsp3) is 0.697. The van der Waals surface area contributed by atoms with Gasteiger partial charge >= 0.3 is 0 Å². The van der Waals surface area contributed by atoms with E-state index in [4.69, 9.17) is 9.47 Å². The average molecular weight is 545 g/mol. The van der Waals surface area contributed by atoms with Crippen LogP contribution in [0.1, 0.15) is 114 Å². The van der Waals surface area contributed by atoms with Crippen molar-refractivity contribution in [3.8, 4) is 0 Å². The molecule has 2 aromatic rings. The first-order valence-corrected chi connectivity index (χ1v) is 18.9. The number of rotatable bonds is 15. The zero-order valence-electron chi connectivity index (χ0n) is 26.0. The molecule has 1 aromatic carbocycles. The molecule has 210 valence electrons. The smallest absolute Gasteiger partial charge is 0.192 e. The summed E-state index contributed by atoms with van der Waals surface area (Å²) in [5.74, 6) is -0.684. The first kappa shape index (κ1) is 32.3. The van der Waals surface area contributed by atoms with Gasteiger partial charge in [0.05, 0.1) is 21.3 Å². The topological polar surface area (TPSA) is 18.5 Å². The van der Waals surface area contributed by atoms with Crippen LogP contribution in [0.5, 0.6) is 0 Å². The molecule has 1 heterocycles. The Morgan fingerprint density at radius 3 is 1.81 bits per heavy atom. The molecule has 0 amide bonds. The van der Waals surface area contributed by atoms with E-state index in [1.54, 1.807) is 0 Å². The minimum Gasteiger partial charge on any atom is -0.346 e. The second-order valence-electron chi connectivity index (χ2n) is 12.8. The van der Waals surface area contributed by atoms with E-state index in [1.165, 1.54) is 27.1 Å². The Kier molecular flexibility index (Phi) is 11.7. The van der Waals surface area contributed by atoms with Gasteiger partial charge < -0.3 is 9.47 Å². The zero-order chi connectivity index (χ0) is 27.9. The van der Waals surface area contributed by atoms with Gasteiger partial charge in [0.1, 0.15) is 0 Å². The van der Waals surface area contributed by atoms with Gasteiger partial charge in [-0.25, -0.2) is 0 Å². The molecular weight excluding hydrogens is 489 g/mol. The third kappa shape index (κ3) is 7.38. The Bertz CT molecular complexity index is 955. The second kappa shape index (κ2) is 13.4. The Hall–Kier alpha value is -0.943. The molecule has 0 N–H and O–H groups in total. The maximum Gasteiger partial charge on any atom is 0.192 e. The monoisotopic (exact) mass is 544 g/mol. The van der Waals surface area contributed by atoms with Crippen molar-refractivity contribution >= 4 is 19.4 Å². The molecule has 0 fully saturated rings. The van der Waals surface area contributed by atoms with Crippen LogP contribution in [-0.4, -0.2) is 21.3 Å². The minimum atomic E-state index is -1.73. The Morgan fingerprint density at radius 1 is 0.838 bits per heavy atom. The van der Waals surface area contributed by atoms with Crippen LogP contribution in [0.4, 0.5) is 0 Å². The van der Waals surface area contributed by atoms with Crippen molar-refractivity contribution in [2.45, 2.75) is 136 Å². The summed E-state index contributed by atoms with van der Waals surface area (Å²) in [5, 5.41) is 2.55. The lowest BCUT2D eigenvalue weighted by molar-refractivity contribution is -0.236. The molecule has 0 aliphatic heterocycles. The van der Waals surface area contributed by atoms with Gasteiger partial charge in [-0.2, -0.15) is 0 Å². The highest BCUT2D eigenvalue weighted by Gasteiger charge is 2.47. The minimum absolute atomic E-state index is 0.0520. The van der Waals surface area contributed by atoms with Crippen molar-refractivity contribution in [1.82, 2.24) is 0 Å². The van der Waals surface area contributed by atoms with Crippen LogP contribution in [0.25, 0.3) is 0 Å². The van der Waals surface area contributed by atoms with Crippen molar-refractivity contribution in [1.29, 1.82) is 0 Å². The maximum atomic E-state index is 6.90. The van der Waals surface area contributed by atoms with Crippen LogP contribution in [0.2, 0.25) is 24.2 Å². The largest absolute Gasteiger partial charge is 0.346 e. The highest BCUT2D eigenvalue weighted by molar-refractivity contribution is 7.10. The molecular formula is C33H56O2SSi. The Morgan fingerprint density at radius 2 is 1.41 bits per heavy atom. The molecule has 0 aliphatic rings. The van der Waals surface area contributed by atoms with Gasteiger partial charge in [-0.05, 0) is 72.7 Å². The summed E-state index contributed by atoms with van der Waals surface area (Å²) in [4.78, 5) is 1.48. The number of hydrogen-bond acceptors (Lipinski definition) is 3. The van der Waals surface area contributed by atoms with Crippen molar-refractivity contribution < 1.29 is 9.47 Å². The molecule has 0 unspecified atom stereocenters. The molecule has 4 heteroatoms. The van der Waals surface area contributed by atoms with E-state index in [0.29, 0.717) is 0 Å². The third-order valence-electron chi connectivity index (χ3n) is 8.97. The summed E-state index contributed by atoms with van der Waals surface area (Å²) in [6.07, 6.45) is 6.55. The molecule has 0 radical (unpaired) electrons. The fourth-order valence-electron chi connectivity index (χ4n) is 5.22. The number of aryl methyl sites for hydroxylation is 2. The SMILES string of the molecule is CCCCOC(C[Si](C)(C)C(C)(C)C)(OCCCC)c1ccc(C(CC)(CC)c2cc(C)cs2)cc1C. The van der Waals surface area contributed by atoms with Crippen LogP contribution in [0, 0.1) is 13.8 Å².